The van der Waals surface area contributed by atoms with E-state index in [1.807, 2.05) is 0 Å². The summed E-state index contributed by atoms with van der Waals surface area (Å²) in [7, 11) is 0. The highest BCUT2D eigenvalue weighted by molar-refractivity contribution is 5.32. The smallest absolute Gasteiger partial charge is 0.0322 e. The number of hydrogen-bond donors (Lipinski definition) is 1. The molecule has 2 heteroatoms. The first-order valence-corrected chi connectivity index (χ1v) is 7.82. The molecule has 2 N–H and O–H groups in total. The molecule has 0 bridgehead atoms. The predicted octanol–water partition coefficient (Wildman–Crippen LogP) is 4.06. The zero-order chi connectivity index (χ0) is 15.3. The van der Waals surface area contributed by atoms with Crippen molar-refractivity contribution >= 4 is 0 Å². The molecule has 0 aliphatic heterocycles. The standard InChI is InChI=1S/C18H32N2/c1-7-10-20(13-18(5,6)12-19)16(4)17-11-14(2)8-9-15(17)3/h8-9,11,16H,7,10,12-13,19H2,1-6H3. The van der Waals surface area contributed by atoms with Gasteiger partial charge in [0.25, 0.3) is 0 Å². The van der Waals surface area contributed by atoms with Crippen LogP contribution in [0.15, 0.2) is 18.2 Å². The van der Waals surface area contributed by atoms with Crippen LogP contribution in [0.3, 0.4) is 0 Å². The van der Waals surface area contributed by atoms with E-state index in [2.05, 4.69) is 64.6 Å². The molecule has 0 spiro atoms. The summed E-state index contributed by atoms with van der Waals surface area (Å²) in [5.41, 5.74) is 10.3. The highest BCUT2D eigenvalue weighted by Crippen LogP contribution is 2.28. The van der Waals surface area contributed by atoms with E-state index in [4.69, 9.17) is 5.73 Å². The van der Waals surface area contributed by atoms with Gasteiger partial charge in [-0.1, -0.05) is 44.5 Å². The first kappa shape index (κ1) is 17.2. The van der Waals surface area contributed by atoms with Crippen molar-refractivity contribution < 1.29 is 0 Å². The molecule has 1 unspecified atom stereocenters. The van der Waals surface area contributed by atoms with Crippen molar-refractivity contribution in [3.8, 4) is 0 Å². The zero-order valence-electron chi connectivity index (χ0n) is 14.2. The molecule has 1 rings (SSSR count). The Balaban J connectivity index is 2.98. The van der Waals surface area contributed by atoms with Crippen LogP contribution in [0, 0.1) is 19.3 Å². The normalized spacial score (nSPS) is 13.8. The van der Waals surface area contributed by atoms with Crippen LogP contribution in [0.5, 0.6) is 0 Å². The second kappa shape index (κ2) is 7.24. The van der Waals surface area contributed by atoms with E-state index >= 15 is 0 Å². The summed E-state index contributed by atoms with van der Waals surface area (Å²) >= 11 is 0. The Morgan fingerprint density at radius 3 is 2.45 bits per heavy atom. The van der Waals surface area contributed by atoms with E-state index in [1.54, 1.807) is 0 Å². The molecule has 0 aromatic heterocycles. The number of nitrogens with zero attached hydrogens (tertiary/aromatic N) is 1. The third-order valence-corrected chi connectivity index (χ3v) is 4.13. The van der Waals surface area contributed by atoms with Gasteiger partial charge in [-0.05, 0) is 56.8 Å². The predicted molar refractivity (Wildman–Crippen MR) is 89.0 cm³/mol. The Bertz CT molecular complexity index is 423. The van der Waals surface area contributed by atoms with Gasteiger partial charge in [0.1, 0.15) is 0 Å². The van der Waals surface area contributed by atoms with Gasteiger partial charge in [-0.2, -0.15) is 0 Å². The molecule has 0 radical (unpaired) electrons. The summed E-state index contributed by atoms with van der Waals surface area (Å²) in [6.07, 6.45) is 1.18. The molecule has 0 aliphatic carbocycles. The molecule has 1 aromatic carbocycles. The van der Waals surface area contributed by atoms with E-state index in [1.165, 1.54) is 23.1 Å². The molecule has 1 atom stereocenters. The lowest BCUT2D eigenvalue weighted by Gasteiger charge is -2.36. The van der Waals surface area contributed by atoms with Crippen LogP contribution in [0.2, 0.25) is 0 Å². The Morgan fingerprint density at radius 1 is 1.25 bits per heavy atom. The second-order valence-electron chi connectivity index (χ2n) is 6.87. The quantitative estimate of drug-likeness (QED) is 0.813. The number of hydrogen-bond acceptors (Lipinski definition) is 2. The third-order valence-electron chi connectivity index (χ3n) is 4.13. The maximum absolute atomic E-state index is 5.92. The molecule has 20 heavy (non-hydrogen) atoms. The fourth-order valence-corrected chi connectivity index (χ4v) is 2.72. The zero-order valence-corrected chi connectivity index (χ0v) is 14.2. The van der Waals surface area contributed by atoms with Crippen LogP contribution >= 0.6 is 0 Å². The fourth-order valence-electron chi connectivity index (χ4n) is 2.72. The number of aryl methyl sites for hydroxylation is 2. The Hall–Kier alpha value is -0.860. The fraction of sp³-hybridized carbons (Fsp3) is 0.667. The van der Waals surface area contributed by atoms with E-state index in [-0.39, 0.29) is 5.41 Å². The highest BCUT2D eigenvalue weighted by atomic mass is 15.2. The van der Waals surface area contributed by atoms with Crippen molar-refractivity contribution in [2.24, 2.45) is 11.1 Å². The van der Waals surface area contributed by atoms with Crippen molar-refractivity contribution in [1.82, 2.24) is 4.90 Å². The van der Waals surface area contributed by atoms with E-state index in [0.29, 0.717) is 6.04 Å². The van der Waals surface area contributed by atoms with E-state index in [9.17, 15) is 0 Å². The third kappa shape index (κ3) is 4.60. The van der Waals surface area contributed by atoms with Crippen LogP contribution in [0.4, 0.5) is 0 Å². The van der Waals surface area contributed by atoms with Gasteiger partial charge in [0, 0.05) is 12.6 Å². The minimum Gasteiger partial charge on any atom is -0.330 e. The average Bonchev–Trinajstić information content (AvgIpc) is 2.40. The molecule has 114 valence electrons. The number of rotatable bonds is 7. The van der Waals surface area contributed by atoms with Gasteiger partial charge in [-0.15, -0.1) is 0 Å². The van der Waals surface area contributed by atoms with Gasteiger partial charge in [-0.25, -0.2) is 0 Å². The van der Waals surface area contributed by atoms with Crippen molar-refractivity contribution in [2.45, 2.75) is 54.0 Å². The van der Waals surface area contributed by atoms with Crippen LogP contribution in [-0.4, -0.2) is 24.5 Å². The maximum Gasteiger partial charge on any atom is 0.0322 e. The first-order chi connectivity index (χ1) is 9.30. The van der Waals surface area contributed by atoms with E-state index < -0.39 is 0 Å². The van der Waals surface area contributed by atoms with Crippen LogP contribution in [0.1, 0.15) is 56.8 Å². The average molecular weight is 276 g/mol. The SMILES string of the molecule is CCCN(CC(C)(C)CN)C(C)c1cc(C)ccc1C. The summed E-state index contributed by atoms with van der Waals surface area (Å²) < 4.78 is 0. The summed E-state index contributed by atoms with van der Waals surface area (Å²) in [5.74, 6) is 0. The van der Waals surface area contributed by atoms with Gasteiger partial charge in [0.05, 0.1) is 0 Å². The number of nitrogens with two attached hydrogens (primary N) is 1. The Kier molecular flexibility index (Phi) is 6.22. The minimum absolute atomic E-state index is 0.168. The molecular formula is C18H32N2. The summed E-state index contributed by atoms with van der Waals surface area (Å²) in [6.45, 7) is 16.4. The highest BCUT2D eigenvalue weighted by Gasteiger charge is 2.24. The largest absolute Gasteiger partial charge is 0.330 e. The van der Waals surface area contributed by atoms with Crippen molar-refractivity contribution in [1.29, 1.82) is 0 Å². The molecule has 0 amide bonds. The first-order valence-electron chi connectivity index (χ1n) is 7.82. The molecule has 0 fully saturated rings. The summed E-state index contributed by atoms with van der Waals surface area (Å²) in [4.78, 5) is 2.58. The van der Waals surface area contributed by atoms with Gasteiger partial charge in [0.15, 0.2) is 0 Å². The lowest BCUT2D eigenvalue weighted by atomic mass is 9.91. The van der Waals surface area contributed by atoms with Gasteiger partial charge < -0.3 is 5.73 Å². The Labute approximate surface area is 125 Å². The lowest BCUT2D eigenvalue weighted by molar-refractivity contribution is 0.140. The molecule has 0 saturated carbocycles. The summed E-state index contributed by atoms with van der Waals surface area (Å²) in [5, 5.41) is 0. The van der Waals surface area contributed by atoms with Crippen LogP contribution in [-0.2, 0) is 0 Å². The van der Waals surface area contributed by atoms with Crippen LogP contribution < -0.4 is 5.73 Å². The molecule has 0 heterocycles. The second-order valence-corrected chi connectivity index (χ2v) is 6.87. The molecule has 0 aliphatic rings. The van der Waals surface area contributed by atoms with Crippen molar-refractivity contribution in [2.75, 3.05) is 19.6 Å². The van der Waals surface area contributed by atoms with Gasteiger partial charge in [0.2, 0.25) is 0 Å². The Morgan fingerprint density at radius 2 is 1.90 bits per heavy atom. The van der Waals surface area contributed by atoms with Crippen molar-refractivity contribution in [3.05, 3.63) is 34.9 Å². The topological polar surface area (TPSA) is 29.3 Å². The molecule has 0 saturated heterocycles. The number of benzene rings is 1. The monoisotopic (exact) mass is 276 g/mol. The van der Waals surface area contributed by atoms with Crippen molar-refractivity contribution in [3.63, 3.8) is 0 Å². The maximum atomic E-state index is 5.92. The van der Waals surface area contributed by atoms with Gasteiger partial charge in [-0.3, -0.25) is 4.90 Å². The van der Waals surface area contributed by atoms with Crippen LogP contribution in [0.25, 0.3) is 0 Å². The van der Waals surface area contributed by atoms with Gasteiger partial charge >= 0.3 is 0 Å². The minimum atomic E-state index is 0.168. The molecular weight excluding hydrogens is 244 g/mol. The lowest BCUT2D eigenvalue weighted by Crippen LogP contribution is -2.40. The molecule has 2 nitrogen and oxygen atoms in total. The van der Waals surface area contributed by atoms with E-state index in [0.717, 1.165) is 19.6 Å². The molecule has 1 aromatic rings. The summed E-state index contributed by atoms with van der Waals surface area (Å²) in [6, 6.07) is 7.21.